The standard InChI is InChI=1S/C22H30O2S2/c1-21-9-8-19-17(18(21)5-6-20(21)24)4-3-15-13-16(23)7-10-22(15,19)11-12-26-14-25-2/h8,13,17-18H,3-7,9-12,14H2,1-2H3/t17?,18?,21-,22+/m0/s1. The van der Waals surface area contributed by atoms with Gasteiger partial charge in [0.1, 0.15) is 5.78 Å². The Morgan fingerprint density at radius 3 is 2.85 bits per heavy atom. The van der Waals surface area contributed by atoms with E-state index in [1.54, 1.807) is 5.57 Å². The van der Waals surface area contributed by atoms with Crippen LogP contribution >= 0.6 is 23.5 Å². The molecule has 142 valence electrons. The molecule has 4 rings (SSSR count). The van der Waals surface area contributed by atoms with Gasteiger partial charge in [0.15, 0.2) is 5.78 Å². The number of allylic oxidation sites excluding steroid dienone is 4. The van der Waals surface area contributed by atoms with Gasteiger partial charge in [-0.15, -0.1) is 0 Å². The quantitative estimate of drug-likeness (QED) is 0.356. The minimum absolute atomic E-state index is 0.116. The van der Waals surface area contributed by atoms with Crippen molar-refractivity contribution in [2.75, 3.05) is 17.1 Å². The van der Waals surface area contributed by atoms with Gasteiger partial charge in [-0.05, 0) is 68.4 Å². The van der Waals surface area contributed by atoms with Crippen molar-refractivity contribution in [3.05, 3.63) is 23.3 Å². The summed E-state index contributed by atoms with van der Waals surface area (Å²) < 4.78 is 0. The number of Topliss-reactive ketones (excluding diaryl/α,β-unsaturated/α-hetero) is 1. The van der Waals surface area contributed by atoms with Crippen LogP contribution in [0.4, 0.5) is 0 Å². The highest BCUT2D eigenvalue weighted by Crippen LogP contribution is 2.63. The average Bonchev–Trinajstić information content (AvgIpc) is 2.94. The number of rotatable bonds is 5. The van der Waals surface area contributed by atoms with Crippen LogP contribution in [0.5, 0.6) is 0 Å². The Morgan fingerprint density at radius 2 is 2.04 bits per heavy atom. The Morgan fingerprint density at radius 1 is 1.19 bits per heavy atom. The topological polar surface area (TPSA) is 34.1 Å². The van der Waals surface area contributed by atoms with E-state index in [-0.39, 0.29) is 10.8 Å². The molecule has 0 bridgehead atoms. The van der Waals surface area contributed by atoms with Crippen LogP contribution in [0.15, 0.2) is 23.3 Å². The first kappa shape index (κ1) is 18.9. The molecule has 4 atom stereocenters. The Bertz CT molecular complexity index is 680. The molecule has 26 heavy (non-hydrogen) atoms. The Balaban J connectivity index is 1.69. The maximum Gasteiger partial charge on any atom is 0.155 e. The van der Waals surface area contributed by atoms with Crippen LogP contribution < -0.4 is 0 Å². The van der Waals surface area contributed by atoms with Crippen molar-refractivity contribution in [1.29, 1.82) is 0 Å². The summed E-state index contributed by atoms with van der Waals surface area (Å²) in [6, 6.07) is 0. The van der Waals surface area contributed by atoms with Gasteiger partial charge in [0, 0.05) is 28.8 Å². The molecule has 0 saturated heterocycles. The third-order valence-electron chi connectivity index (χ3n) is 7.67. The smallest absolute Gasteiger partial charge is 0.155 e. The molecule has 0 aromatic rings. The van der Waals surface area contributed by atoms with Crippen LogP contribution in [0.2, 0.25) is 0 Å². The molecule has 0 radical (unpaired) electrons. The Kier molecular flexibility index (Phi) is 5.20. The van der Waals surface area contributed by atoms with Gasteiger partial charge in [-0.3, -0.25) is 9.59 Å². The largest absolute Gasteiger partial charge is 0.299 e. The summed E-state index contributed by atoms with van der Waals surface area (Å²) >= 11 is 3.92. The van der Waals surface area contributed by atoms with Crippen LogP contribution in [0.3, 0.4) is 0 Å². The normalized spacial score (nSPS) is 39.0. The number of carbonyl (C=O) groups excluding carboxylic acids is 2. The fourth-order valence-corrected chi connectivity index (χ4v) is 7.91. The number of thioether (sulfide) groups is 2. The molecule has 0 aliphatic heterocycles. The zero-order valence-electron chi connectivity index (χ0n) is 16.0. The van der Waals surface area contributed by atoms with Gasteiger partial charge in [0.2, 0.25) is 0 Å². The van der Waals surface area contributed by atoms with E-state index >= 15 is 0 Å². The minimum atomic E-state index is -0.116. The van der Waals surface area contributed by atoms with Crippen LogP contribution in [0.1, 0.15) is 58.3 Å². The van der Waals surface area contributed by atoms with Crippen molar-refractivity contribution >= 4 is 35.1 Å². The number of fused-ring (bicyclic) bond motifs is 5. The molecule has 2 saturated carbocycles. The lowest BCUT2D eigenvalue weighted by Crippen LogP contribution is -2.46. The molecule has 0 aromatic heterocycles. The van der Waals surface area contributed by atoms with E-state index < -0.39 is 0 Å². The van der Waals surface area contributed by atoms with Crippen molar-refractivity contribution < 1.29 is 9.59 Å². The van der Waals surface area contributed by atoms with Gasteiger partial charge < -0.3 is 0 Å². The van der Waals surface area contributed by atoms with E-state index in [1.165, 1.54) is 5.57 Å². The third-order valence-corrected chi connectivity index (χ3v) is 9.77. The number of carbonyl (C=O) groups is 2. The van der Waals surface area contributed by atoms with E-state index in [0.29, 0.717) is 29.8 Å². The van der Waals surface area contributed by atoms with Crippen LogP contribution in [-0.2, 0) is 9.59 Å². The van der Waals surface area contributed by atoms with Crippen LogP contribution in [0.25, 0.3) is 0 Å². The van der Waals surface area contributed by atoms with Gasteiger partial charge in [-0.2, -0.15) is 23.5 Å². The molecule has 2 nitrogen and oxygen atoms in total. The molecule has 0 heterocycles. The Labute approximate surface area is 166 Å². The lowest BCUT2D eigenvalue weighted by Gasteiger charge is -2.53. The van der Waals surface area contributed by atoms with E-state index in [9.17, 15) is 9.59 Å². The average molecular weight is 391 g/mol. The van der Waals surface area contributed by atoms with Gasteiger partial charge in [-0.25, -0.2) is 0 Å². The van der Waals surface area contributed by atoms with Crippen molar-refractivity contribution in [2.24, 2.45) is 22.7 Å². The zero-order valence-corrected chi connectivity index (χ0v) is 17.6. The lowest BCUT2D eigenvalue weighted by atomic mass is 9.50. The summed E-state index contributed by atoms with van der Waals surface area (Å²) in [4.78, 5) is 24.7. The first-order chi connectivity index (χ1) is 12.5. The molecule has 4 heteroatoms. The predicted molar refractivity (Wildman–Crippen MR) is 111 cm³/mol. The fraction of sp³-hybridized carbons (Fsp3) is 0.727. The molecule has 0 amide bonds. The van der Waals surface area contributed by atoms with Gasteiger partial charge >= 0.3 is 0 Å². The van der Waals surface area contributed by atoms with Crippen molar-refractivity contribution in [3.63, 3.8) is 0 Å². The zero-order chi connectivity index (χ0) is 18.4. The van der Waals surface area contributed by atoms with Gasteiger partial charge in [-0.1, -0.05) is 24.1 Å². The van der Waals surface area contributed by atoms with Gasteiger partial charge in [0.05, 0.1) is 0 Å². The van der Waals surface area contributed by atoms with Crippen molar-refractivity contribution in [2.45, 2.75) is 58.3 Å². The highest BCUT2D eigenvalue weighted by molar-refractivity contribution is 8.15. The summed E-state index contributed by atoms with van der Waals surface area (Å²) in [6.45, 7) is 2.22. The Hall–Kier alpha value is -0.480. The van der Waals surface area contributed by atoms with Gasteiger partial charge in [0.25, 0.3) is 0 Å². The molecule has 2 fully saturated rings. The van der Waals surface area contributed by atoms with Crippen LogP contribution in [-0.4, -0.2) is 28.7 Å². The molecule has 0 aromatic carbocycles. The minimum Gasteiger partial charge on any atom is -0.299 e. The molecule has 0 spiro atoms. The van der Waals surface area contributed by atoms with E-state index in [0.717, 1.165) is 55.8 Å². The SMILES string of the molecule is CSCSCC[C@]12CCC(=O)C=C1CCC1C2=CC[C@]2(C)C(=O)CCC12. The van der Waals surface area contributed by atoms with E-state index in [2.05, 4.69) is 19.3 Å². The number of hydrogen-bond acceptors (Lipinski definition) is 4. The molecule has 0 N–H and O–H groups in total. The fourth-order valence-electron chi connectivity index (χ4n) is 6.28. The second-order valence-corrected chi connectivity index (χ2v) is 11.1. The summed E-state index contributed by atoms with van der Waals surface area (Å²) in [5.41, 5.74) is 3.03. The van der Waals surface area contributed by atoms with E-state index in [4.69, 9.17) is 0 Å². The molecule has 4 aliphatic carbocycles. The highest BCUT2D eigenvalue weighted by atomic mass is 32.2. The number of ketones is 2. The summed E-state index contributed by atoms with van der Waals surface area (Å²) in [5.74, 6) is 3.07. The maximum absolute atomic E-state index is 12.6. The second kappa shape index (κ2) is 7.16. The third kappa shape index (κ3) is 2.87. The van der Waals surface area contributed by atoms with E-state index in [1.807, 2.05) is 29.6 Å². The molecular weight excluding hydrogens is 360 g/mol. The summed E-state index contributed by atoms with van der Waals surface area (Å²) in [7, 11) is 0. The second-order valence-electron chi connectivity index (χ2n) is 8.78. The molecular formula is C22H30O2S2. The highest BCUT2D eigenvalue weighted by Gasteiger charge is 2.56. The monoisotopic (exact) mass is 390 g/mol. The lowest BCUT2D eigenvalue weighted by molar-refractivity contribution is -0.127. The number of hydrogen-bond donors (Lipinski definition) is 0. The molecule has 4 aliphatic rings. The van der Waals surface area contributed by atoms with Crippen molar-refractivity contribution in [1.82, 2.24) is 0 Å². The predicted octanol–water partition coefficient (Wildman–Crippen LogP) is 5.43. The molecule has 2 unspecified atom stereocenters. The summed E-state index contributed by atoms with van der Waals surface area (Å²) in [5, 5.41) is 1.14. The first-order valence-electron chi connectivity index (χ1n) is 10.1. The van der Waals surface area contributed by atoms with Crippen LogP contribution in [0, 0.1) is 22.7 Å². The summed E-state index contributed by atoms with van der Waals surface area (Å²) in [6.07, 6.45) is 14.4. The first-order valence-corrected chi connectivity index (χ1v) is 12.6. The maximum atomic E-state index is 12.6. The van der Waals surface area contributed by atoms with Crippen molar-refractivity contribution in [3.8, 4) is 0 Å².